The molecule has 3 aromatic rings. The summed E-state index contributed by atoms with van der Waals surface area (Å²) >= 11 is 1.30. The Morgan fingerprint density at radius 1 is 1.22 bits per heavy atom. The predicted molar refractivity (Wildman–Crippen MR) is 153 cm³/mol. The van der Waals surface area contributed by atoms with Gasteiger partial charge in [0.2, 0.25) is 11.8 Å². The number of amidine groups is 1. The number of nitrogens with two attached hydrogens (primary N) is 1. The molecule has 0 spiro atoms. The Bertz CT molecular complexity index is 1590. The van der Waals surface area contributed by atoms with Crippen LogP contribution in [0.25, 0.3) is 11.1 Å². The number of hydrogen-bond acceptors (Lipinski definition) is 8. The van der Waals surface area contributed by atoms with E-state index >= 15 is 0 Å². The second-order valence-electron chi connectivity index (χ2n) is 9.73. The highest BCUT2D eigenvalue weighted by atomic mass is 32.2. The van der Waals surface area contributed by atoms with Crippen LogP contribution in [0, 0.1) is 11.2 Å². The minimum Gasteiger partial charge on any atom is -0.384 e. The number of thiophene rings is 1. The highest BCUT2D eigenvalue weighted by molar-refractivity contribution is 7.91. The van der Waals surface area contributed by atoms with Crippen molar-refractivity contribution >= 4 is 44.7 Å². The van der Waals surface area contributed by atoms with Gasteiger partial charge in [-0.2, -0.15) is 0 Å². The fourth-order valence-corrected chi connectivity index (χ4v) is 6.35. The molecule has 1 fully saturated rings. The molecule has 4 rings (SSSR count). The number of carbonyl (C=O) groups is 3. The van der Waals surface area contributed by atoms with Gasteiger partial charge in [-0.25, -0.2) is 17.8 Å². The normalized spacial score (nSPS) is 17.6. The van der Waals surface area contributed by atoms with Crippen LogP contribution in [0.15, 0.2) is 54.0 Å². The second kappa shape index (κ2) is 12.1. The van der Waals surface area contributed by atoms with Crippen molar-refractivity contribution in [1.82, 2.24) is 20.5 Å². The predicted octanol–water partition coefficient (Wildman–Crippen LogP) is 1.85. The van der Waals surface area contributed by atoms with Crippen LogP contribution in [0.5, 0.6) is 0 Å². The van der Waals surface area contributed by atoms with E-state index in [1.54, 1.807) is 42.6 Å². The van der Waals surface area contributed by atoms with E-state index in [0.29, 0.717) is 16.7 Å². The molecular formula is C27H29FN6O5S2. The largest absolute Gasteiger partial charge is 0.384 e. The lowest BCUT2D eigenvalue weighted by atomic mass is 10.1. The smallest absolute Gasteiger partial charge is 0.273 e. The number of hydrogen-bond donors (Lipinski definition) is 4. The number of sulfone groups is 1. The Morgan fingerprint density at radius 2 is 1.93 bits per heavy atom. The van der Waals surface area contributed by atoms with Crippen molar-refractivity contribution in [1.29, 1.82) is 5.41 Å². The van der Waals surface area contributed by atoms with Crippen molar-refractivity contribution in [3.05, 3.63) is 76.0 Å². The Labute approximate surface area is 240 Å². The number of benzene rings is 1. The number of halogens is 1. The third-order valence-electron chi connectivity index (χ3n) is 6.77. The van der Waals surface area contributed by atoms with Gasteiger partial charge >= 0.3 is 0 Å². The number of likely N-dealkylation sites (tertiary alicyclic amines) is 1. The third-order valence-corrected chi connectivity index (χ3v) is 9.44. The van der Waals surface area contributed by atoms with E-state index in [1.807, 2.05) is 6.07 Å². The third kappa shape index (κ3) is 6.95. The van der Waals surface area contributed by atoms with E-state index in [2.05, 4.69) is 15.6 Å². The average Bonchev–Trinajstić information content (AvgIpc) is 3.61. The van der Waals surface area contributed by atoms with Crippen LogP contribution < -0.4 is 16.4 Å². The van der Waals surface area contributed by atoms with E-state index in [9.17, 15) is 27.2 Å². The number of nitrogen functional groups attached to an aromatic ring is 1. The van der Waals surface area contributed by atoms with Crippen LogP contribution in [0.3, 0.4) is 0 Å². The summed E-state index contributed by atoms with van der Waals surface area (Å²) in [5, 5.41) is 13.4. The number of aromatic nitrogens is 1. The van der Waals surface area contributed by atoms with E-state index in [1.165, 1.54) is 23.6 Å². The van der Waals surface area contributed by atoms with Crippen molar-refractivity contribution in [3.63, 3.8) is 0 Å². The van der Waals surface area contributed by atoms with Crippen LogP contribution in [0.1, 0.15) is 40.3 Å². The molecule has 2 aromatic heterocycles. The van der Waals surface area contributed by atoms with Crippen molar-refractivity contribution in [2.24, 2.45) is 5.73 Å². The van der Waals surface area contributed by atoms with E-state index in [-0.39, 0.29) is 18.8 Å². The standard InChI is InChI=1S/C27H29FN6O5S2/c1-15(22-9-18(14-40-22)25(29)30)33-26(36)21-10-19(41(2,38)39)13-34(21)23(35)12-32-27(37)24-20(28)8-17(11-31-24)16-6-4-3-5-7-16/h3-9,11,14-15,19,21H,10,12-13H2,1-2H3,(H3,29,30)(H,32,37)(H,33,36)/t15?,19-,21+/m1/s1. The van der Waals surface area contributed by atoms with Gasteiger partial charge in [-0.1, -0.05) is 30.3 Å². The summed E-state index contributed by atoms with van der Waals surface area (Å²) < 4.78 is 39.3. The number of pyridine rings is 1. The Hall–Kier alpha value is -4.17. The van der Waals surface area contributed by atoms with E-state index < -0.39 is 62.9 Å². The first-order chi connectivity index (χ1) is 19.3. The maximum absolute atomic E-state index is 14.7. The molecular weight excluding hydrogens is 571 g/mol. The summed E-state index contributed by atoms with van der Waals surface area (Å²) in [4.78, 5) is 44.7. The molecule has 14 heteroatoms. The number of amides is 3. The molecule has 0 saturated carbocycles. The average molecular weight is 601 g/mol. The quantitative estimate of drug-likeness (QED) is 0.214. The highest BCUT2D eigenvalue weighted by Gasteiger charge is 2.43. The molecule has 0 radical (unpaired) electrons. The van der Waals surface area contributed by atoms with Crippen molar-refractivity contribution in [3.8, 4) is 11.1 Å². The van der Waals surface area contributed by atoms with Crippen molar-refractivity contribution in [2.45, 2.75) is 30.7 Å². The summed E-state index contributed by atoms with van der Waals surface area (Å²) in [5.41, 5.74) is 6.71. The fraction of sp³-hybridized carbons (Fsp3) is 0.296. The first kappa shape index (κ1) is 29.8. The molecule has 0 bridgehead atoms. The lowest BCUT2D eigenvalue weighted by Crippen LogP contribution is -2.49. The van der Waals surface area contributed by atoms with Gasteiger partial charge in [-0.15, -0.1) is 11.3 Å². The maximum Gasteiger partial charge on any atom is 0.273 e. The van der Waals surface area contributed by atoms with Crippen LogP contribution in [0.2, 0.25) is 0 Å². The summed E-state index contributed by atoms with van der Waals surface area (Å²) in [5.74, 6) is -3.18. The van der Waals surface area contributed by atoms with Gasteiger partial charge in [0.25, 0.3) is 5.91 Å². The van der Waals surface area contributed by atoms with Gasteiger partial charge < -0.3 is 21.3 Å². The number of nitrogens with zero attached hydrogens (tertiary/aromatic N) is 2. The van der Waals surface area contributed by atoms with E-state index in [0.717, 1.165) is 16.0 Å². The molecule has 1 unspecified atom stereocenters. The lowest BCUT2D eigenvalue weighted by molar-refractivity contribution is -0.137. The number of nitrogens with one attached hydrogen (secondary N) is 3. The minimum absolute atomic E-state index is 0.112. The molecule has 1 aromatic carbocycles. The van der Waals surface area contributed by atoms with Crippen LogP contribution in [-0.4, -0.2) is 72.5 Å². The Kier molecular flexibility index (Phi) is 8.83. The molecule has 0 aliphatic carbocycles. The lowest BCUT2D eigenvalue weighted by Gasteiger charge is -2.25. The van der Waals surface area contributed by atoms with Gasteiger partial charge in [-0.05, 0) is 31.0 Å². The Balaban J connectivity index is 1.44. The van der Waals surface area contributed by atoms with Crippen LogP contribution in [-0.2, 0) is 19.4 Å². The van der Waals surface area contributed by atoms with E-state index in [4.69, 9.17) is 11.1 Å². The molecule has 3 atom stereocenters. The zero-order valence-electron chi connectivity index (χ0n) is 22.3. The zero-order chi connectivity index (χ0) is 29.9. The Morgan fingerprint density at radius 3 is 2.54 bits per heavy atom. The molecule has 1 saturated heterocycles. The maximum atomic E-state index is 14.7. The summed E-state index contributed by atoms with van der Waals surface area (Å²) in [6, 6.07) is 10.2. The number of carbonyl (C=O) groups excluding carboxylic acids is 3. The first-order valence-electron chi connectivity index (χ1n) is 12.6. The van der Waals surface area contributed by atoms with Gasteiger partial charge in [0.1, 0.15) is 11.9 Å². The SMILES string of the molecule is CC(NC(=O)[C@@H]1C[C@@H](S(C)(=O)=O)CN1C(=O)CNC(=O)c1ncc(-c2ccccc2)cc1F)c1cc(C(=N)N)cs1. The molecule has 1 aliphatic heterocycles. The van der Waals surface area contributed by atoms with Crippen LogP contribution in [0.4, 0.5) is 4.39 Å². The summed E-state index contributed by atoms with van der Waals surface area (Å²) in [7, 11) is -3.59. The summed E-state index contributed by atoms with van der Waals surface area (Å²) in [6.45, 7) is 0.891. The molecule has 1 aliphatic rings. The second-order valence-corrected chi connectivity index (χ2v) is 13.0. The first-order valence-corrected chi connectivity index (χ1v) is 15.4. The van der Waals surface area contributed by atoms with Gasteiger partial charge in [0.05, 0.1) is 17.8 Å². The molecule has 5 N–H and O–H groups in total. The van der Waals surface area contributed by atoms with Gasteiger partial charge in [0, 0.05) is 40.4 Å². The molecule has 11 nitrogen and oxygen atoms in total. The fourth-order valence-electron chi connectivity index (χ4n) is 4.47. The van der Waals surface area contributed by atoms with Crippen molar-refractivity contribution < 1.29 is 27.2 Å². The van der Waals surface area contributed by atoms with Crippen molar-refractivity contribution in [2.75, 3.05) is 19.3 Å². The monoisotopic (exact) mass is 600 g/mol. The van der Waals surface area contributed by atoms with Gasteiger partial charge in [0.15, 0.2) is 21.3 Å². The number of rotatable bonds is 9. The highest BCUT2D eigenvalue weighted by Crippen LogP contribution is 2.26. The van der Waals surface area contributed by atoms with Crippen LogP contribution >= 0.6 is 11.3 Å². The summed E-state index contributed by atoms with van der Waals surface area (Å²) in [6.07, 6.45) is 2.27. The molecule has 3 heterocycles. The van der Waals surface area contributed by atoms with Gasteiger partial charge in [-0.3, -0.25) is 19.8 Å². The molecule has 41 heavy (non-hydrogen) atoms. The topological polar surface area (TPSA) is 175 Å². The molecule has 216 valence electrons. The molecule has 3 amide bonds. The zero-order valence-corrected chi connectivity index (χ0v) is 23.9. The minimum atomic E-state index is -3.59.